The first-order chi connectivity index (χ1) is 12.6. The Morgan fingerprint density at radius 3 is 2.54 bits per heavy atom. The molecule has 1 aromatic heterocycles. The van der Waals surface area contributed by atoms with Crippen LogP contribution in [0.1, 0.15) is 32.3 Å². The molecule has 1 aliphatic rings. The first kappa shape index (κ1) is 18.8. The van der Waals surface area contributed by atoms with Crippen LogP contribution in [0.2, 0.25) is 5.02 Å². The number of aromatic nitrogens is 3. The Morgan fingerprint density at radius 2 is 2.00 bits per heavy atom. The van der Waals surface area contributed by atoms with E-state index >= 15 is 0 Å². The van der Waals surface area contributed by atoms with E-state index in [4.69, 9.17) is 21.1 Å². The molecule has 0 atom stereocenters. The van der Waals surface area contributed by atoms with Crippen LogP contribution in [0, 0.1) is 5.41 Å². The van der Waals surface area contributed by atoms with Gasteiger partial charge in [-0.2, -0.15) is 5.10 Å². The van der Waals surface area contributed by atoms with Crippen LogP contribution in [-0.2, 0) is 14.3 Å². The first-order valence-electron chi connectivity index (χ1n) is 8.68. The minimum absolute atomic E-state index is 0.0741. The fourth-order valence-electron chi connectivity index (χ4n) is 2.88. The zero-order valence-electron chi connectivity index (χ0n) is 14.9. The zero-order chi connectivity index (χ0) is 18.6. The molecule has 1 aromatic carbocycles. The number of hydrogen-bond acceptors (Lipinski definition) is 5. The number of carbonyl (C=O) groups excluding carboxylic acids is 1. The normalized spacial score (nSPS) is 23.8. The lowest BCUT2D eigenvalue weighted by molar-refractivity contribution is -0.225. The molecule has 0 N–H and O–H groups in total. The van der Waals surface area contributed by atoms with Crippen LogP contribution < -0.4 is 0 Å². The maximum absolute atomic E-state index is 13.5. The van der Waals surface area contributed by atoms with Crippen molar-refractivity contribution in [2.45, 2.75) is 33.0 Å². The monoisotopic (exact) mass is 375 g/mol. The van der Waals surface area contributed by atoms with E-state index in [2.05, 4.69) is 10.1 Å². The van der Waals surface area contributed by atoms with E-state index in [1.807, 2.05) is 26.0 Å². The molecule has 0 radical (unpaired) electrons. The lowest BCUT2D eigenvalue weighted by Crippen LogP contribution is -2.47. The van der Waals surface area contributed by atoms with Crippen LogP contribution in [0.15, 0.2) is 36.9 Å². The molecule has 0 spiro atoms. The highest BCUT2D eigenvalue weighted by atomic mass is 35.5. The number of allylic oxidation sites excluding steroid dienone is 1. The summed E-state index contributed by atoms with van der Waals surface area (Å²) < 4.78 is 13.0. The molecular formula is C19H22ClN3O3. The highest BCUT2D eigenvalue weighted by Crippen LogP contribution is 2.34. The molecule has 0 unspecified atom stereocenters. The van der Waals surface area contributed by atoms with Gasteiger partial charge in [-0.1, -0.05) is 37.6 Å². The molecule has 6 nitrogen and oxygen atoms in total. The van der Waals surface area contributed by atoms with Crippen molar-refractivity contribution in [3.63, 3.8) is 0 Å². The Hall–Kier alpha value is -2.02. The van der Waals surface area contributed by atoms with Crippen LogP contribution in [0.25, 0.3) is 11.8 Å². The molecule has 1 fully saturated rings. The molecule has 26 heavy (non-hydrogen) atoms. The van der Waals surface area contributed by atoms with Crippen molar-refractivity contribution in [3.8, 4) is 0 Å². The summed E-state index contributed by atoms with van der Waals surface area (Å²) in [5.74, 6) is -0.0741. The predicted octanol–water partition coefficient (Wildman–Crippen LogP) is 3.68. The second-order valence-electron chi connectivity index (χ2n) is 6.34. The van der Waals surface area contributed by atoms with E-state index in [-0.39, 0.29) is 12.1 Å². The van der Waals surface area contributed by atoms with Gasteiger partial charge in [-0.25, -0.2) is 9.67 Å². The largest absolute Gasteiger partial charge is 0.352 e. The number of halogens is 1. The highest BCUT2D eigenvalue weighted by molar-refractivity contribution is 6.30. The van der Waals surface area contributed by atoms with Gasteiger partial charge in [0.15, 0.2) is 12.1 Å². The SMILES string of the molecule is CCC1OCC(CC)(C(=O)C(=Cc2ccc(Cl)cc2)n2cncn2)CO1. The van der Waals surface area contributed by atoms with Crippen molar-refractivity contribution in [1.82, 2.24) is 14.8 Å². The van der Waals surface area contributed by atoms with Gasteiger partial charge in [0.25, 0.3) is 0 Å². The van der Waals surface area contributed by atoms with Gasteiger partial charge in [-0.05, 0) is 36.6 Å². The van der Waals surface area contributed by atoms with Gasteiger partial charge in [0.05, 0.1) is 18.6 Å². The number of nitrogens with zero attached hydrogens (tertiary/aromatic N) is 3. The van der Waals surface area contributed by atoms with E-state index in [1.54, 1.807) is 18.2 Å². The summed E-state index contributed by atoms with van der Waals surface area (Å²) >= 11 is 5.96. The van der Waals surface area contributed by atoms with Crippen molar-refractivity contribution in [1.29, 1.82) is 0 Å². The van der Waals surface area contributed by atoms with Crippen molar-refractivity contribution in [3.05, 3.63) is 47.5 Å². The number of Topliss-reactive ketones (excluding diaryl/α,β-unsaturated/α-hetero) is 1. The second-order valence-corrected chi connectivity index (χ2v) is 6.78. The van der Waals surface area contributed by atoms with Gasteiger partial charge in [-0.3, -0.25) is 4.79 Å². The summed E-state index contributed by atoms with van der Waals surface area (Å²) in [6.07, 6.45) is 5.82. The number of benzene rings is 1. The highest BCUT2D eigenvalue weighted by Gasteiger charge is 2.43. The Balaban J connectivity index is 1.96. The summed E-state index contributed by atoms with van der Waals surface area (Å²) in [6.45, 7) is 4.62. The number of ether oxygens (including phenoxy) is 2. The molecule has 7 heteroatoms. The average Bonchev–Trinajstić information content (AvgIpc) is 3.21. The van der Waals surface area contributed by atoms with E-state index in [9.17, 15) is 4.79 Å². The van der Waals surface area contributed by atoms with Crippen LogP contribution in [0.5, 0.6) is 0 Å². The number of ketones is 1. The van der Waals surface area contributed by atoms with Crippen LogP contribution >= 0.6 is 11.6 Å². The van der Waals surface area contributed by atoms with Gasteiger partial charge in [0.2, 0.25) is 0 Å². The third-order valence-corrected chi connectivity index (χ3v) is 4.91. The smallest absolute Gasteiger partial charge is 0.192 e. The molecule has 1 saturated heterocycles. The predicted molar refractivity (Wildman–Crippen MR) is 99.4 cm³/mol. The van der Waals surface area contributed by atoms with Gasteiger partial charge in [-0.15, -0.1) is 0 Å². The molecule has 0 aliphatic carbocycles. The Morgan fingerprint density at radius 1 is 1.31 bits per heavy atom. The summed E-state index contributed by atoms with van der Waals surface area (Å²) in [4.78, 5) is 17.4. The fourth-order valence-corrected chi connectivity index (χ4v) is 3.01. The molecule has 2 aromatic rings. The minimum Gasteiger partial charge on any atom is -0.352 e. The van der Waals surface area contributed by atoms with Crippen molar-refractivity contribution >= 4 is 29.2 Å². The number of rotatable bonds is 6. The third kappa shape index (κ3) is 3.87. The number of carbonyl (C=O) groups is 1. The van der Waals surface area contributed by atoms with Crippen LogP contribution in [0.4, 0.5) is 0 Å². The molecule has 138 valence electrons. The Kier molecular flexibility index (Phi) is 5.86. The molecule has 2 heterocycles. The van der Waals surface area contributed by atoms with Crippen LogP contribution in [0.3, 0.4) is 0 Å². The second kappa shape index (κ2) is 8.12. The maximum Gasteiger partial charge on any atom is 0.192 e. The van der Waals surface area contributed by atoms with Crippen molar-refractivity contribution < 1.29 is 14.3 Å². The van der Waals surface area contributed by atoms with Gasteiger partial charge in [0.1, 0.15) is 18.4 Å². The average molecular weight is 376 g/mol. The van der Waals surface area contributed by atoms with Gasteiger partial charge >= 0.3 is 0 Å². The summed E-state index contributed by atoms with van der Waals surface area (Å²) in [5.41, 5.74) is 0.535. The van der Waals surface area contributed by atoms with Crippen LogP contribution in [-0.4, -0.2) is 40.1 Å². The molecule has 0 bridgehead atoms. The van der Waals surface area contributed by atoms with E-state index < -0.39 is 5.41 Å². The van der Waals surface area contributed by atoms with Crippen molar-refractivity contribution in [2.24, 2.45) is 5.41 Å². The molecule has 0 saturated carbocycles. The topological polar surface area (TPSA) is 66.2 Å². The summed E-state index contributed by atoms with van der Waals surface area (Å²) in [6, 6.07) is 7.27. The molecule has 0 amide bonds. The standard InChI is InChI=1S/C19H22ClN3O3/c1-3-17-25-10-19(4-2,11-26-17)18(24)16(23-13-21-12-22-23)9-14-5-7-15(20)8-6-14/h5-9,12-13,17H,3-4,10-11H2,1-2H3. The molecule has 1 aliphatic heterocycles. The molecule has 3 rings (SSSR count). The lowest BCUT2D eigenvalue weighted by Gasteiger charge is -2.38. The van der Waals surface area contributed by atoms with E-state index in [0.29, 0.717) is 30.4 Å². The Bertz CT molecular complexity index is 764. The van der Waals surface area contributed by atoms with E-state index in [0.717, 1.165) is 12.0 Å². The van der Waals surface area contributed by atoms with Gasteiger partial charge in [0, 0.05) is 5.02 Å². The number of hydrogen-bond donors (Lipinski definition) is 0. The third-order valence-electron chi connectivity index (χ3n) is 4.65. The Labute approximate surface area is 157 Å². The quantitative estimate of drug-likeness (QED) is 0.720. The molecular weight excluding hydrogens is 354 g/mol. The zero-order valence-corrected chi connectivity index (χ0v) is 15.6. The minimum atomic E-state index is -0.740. The summed E-state index contributed by atoms with van der Waals surface area (Å²) in [7, 11) is 0. The van der Waals surface area contributed by atoms with E-state index in [1.165, 1.54) is 17.3 Å². The lowest BCUT2D eigenvalue weighted by atomic mass is 9.80. The fraction of sp³-hybridized carbons (Fsp3) is 0.421. The van der Waals surface area contributed by atoms with Crippen molar-refractivity contribution in [2.75, 3.05) is 13.2 Å². The van der Waals surface area contributed by atoms with Gasteiger partial charge < -0.3 is 9.47 Å². The first-order valence-corrected chi connectivity index (χ1v) is 9.06. The maximum atomic E-state index is 13.5. The summed E-state index contributed by atoms with van der Waals surface area (Å²) in [5, 5.41) is 4.79.